The quantitative estimate of drug-likeness (QED) is 0.626. The Bertz CT molecular complexity index is 555. The summed E-state index contributed by atoms with van der Waals surface area (Å²) in [6.07, 6.45) is 0. The summed E-state index contributed by atoms with van der Waals surface area (Å²) in [6.45, 7) is 2.27. The number of nitro benzene ring substituents is 1. The van der Waals surface area contributed by atoms with Crippen LogP contribution in [0.25, 0.3) is 10.2 Å². The second-order valence-corrected chi connectivity index (χ2v) is 4.56. The van der Waals surface area contributed by atoms with Crippen LogP contribution in [0.4, 0.5) is 5.69 Å². The first-order chi connectivity index (χ1) is 7.61. The number of thiazole rings is 1. The summed E-state index contributed by atoms with van der Waals surface area (Å²) in [5.74, 6) is 0.460. The summed E-state index contributed by atoms with van der Waals surface area (Å²) in [6, 6.07) is 3.07. The summed E-state index contributed by atoms with van der Waals surface area (Å²) in [4.78, 5) is 14.3. The monoisotopic (exact) mass is 258 g/mol. The highest BCUT2D eigenvalue weighted by molar-refractivity contribution is 7.22. The van der Waals surface area contributed by atoms with E-state index in [1.807, 2.05) is 6.92 Å². The molecule has 0 aliphatic heterocycles. The minimum atomic E-state index is -0.485. The highest BCUT2D eigenvalue weighted by Gasteiger charge is 2.18. The Morgan fingerprint density at radius 1 is 1.62 bits per heavy atom. The van der Waals surface area contributed by atoms with Crippen LogP contribution >= 0.6 is 22.9 Å². The van der Waals surface area contributed by atoms with Crippen molar-refractivity contribution in [3.63, 3.8) is 0 Å². The average molecular weight is 259 g/mol. The largest absolute Gasteiger partial charge is 0.494 e. The maximum atomic E-state index is 10.9. The molecule has 0 radical (unpaired) electrons. The van der Waals surface area contributed by atoms with Gasteiger partial charge in [0.2, 0.25) is 0 Å². The van der Waals surface area contributed by atoms with Gasteiger partial charge in [0.25, 0.3) is 5.69 Å². The lowest BCUT2D eigenvalue weighted by Crippen LogP contribution is -1.94. The Morgan fingerprint density at radius 2 is 2.38 bits per heavy atom. The van der Waals surface area contributed by atoms with Gasteiger partial charge in [-0.1, -0.05) is 11.6 Å². The number of hydrogen-bond donors (Lipinski definition) is 0. The molecule has 16 heavy (non-hydrogen) atoms. The lowest BCUT2D eigenvalue weighted by molar-refractivity contribution is -0.383. The summed E-state index contributed by atoms with van der Waals surface area (Å²) in [5.41, 5.74) is 0.229. The molecule has 0 spiro atoms. The van der Waals surface area contributed by atoms with Crippen LogP contribution in [0, 0.1) is 10.1 Å². The molecule has 1 aromatic heterocycles. The second kappa shape index (κ2) is 4.23. The van der Waals surface area contributed by atoms with E-state index in [-0.39, 0.29) is 10.2 Å². The molecular formula is C9H7ClN2O3S. The van der Waals surface area contributed by atoms with Crippen molar-refractivity contribution in [2.75, 3.05) is 6.61 Å². The zero-order valence-corrected chi connectivity index (χ0v) is 9.84. The summed E-state index contributed by atoms with van der Waals surface area (Å²) >= 11 is 6.93. The number of halogens is 1. The molecule has 7 heteroatoms. The Hall–Kier alpha value is -1.40. The van der Waals surface area contributed by atoms with Gasteiger partial charge in [-0.2, -0.15) is 0 Å². The van der Waals surface area contributed by atoms with Crippen molar-refractivity contribution >= 4 is 38.8 Å². The highest BCUT2D eigenvalue weighted by Crippen LogP contribution is 2.35. The van der Waals surface area contributed by atoms with Gasteiger partial charge in [0, 0.05) is 6.07 Å². The van der Waals surface area contributed by atoms with Gasteiger partial charge < -0.3 is 4.74 Å². The van der Waals surface area contributed by atoms with Crippen LogP contribution in [0.3, 0.4) is 0 Å². The van der Waals surface area contributed by atoms with Crippen molar-refractivity contribution in [2.45, 2.75) is 6.92 Å². The minimum Gasteiger partial charge on any atom is -0.494 e. The van der Waals surface area contributed by atoms with Crippen molar-refractivity contribution in [1.29, 1.82) is 0 Å². The molecule has 2 rings (SSSR count). The number of ether oxygens (including phenoxy) is 1. The van der Waals surface area contributed by atoms with Crippen LogP contribution in [0.5, 0.6) is 5.75 Å². The number of nitro groups is 1. The molecule has 1 heterocycles. The predicted molar refractivity (Wildman–Crippen MR) is 62.5 cm³/mol. The van der Waals surface area contributed by atoms with Crippen molar-refractivity contribution < 1.29 is 9.66 Å². The molecule has 0 saturated carbocycles. The van der Waals surface area contributed by atoms with Crippen molar-refractivity contribution in [3.05, 3.63) is 26.7 Å². The number of non-ortho nitro benzene ring substituents is 1. The molecule has 0 aliphatic carbocycles. The number of nitrogens with zero attached hydrogens (tertiary/aromatic N) is 2. The first kappa shape index (κ1) is 11.1. The van der Waals surface area contributed by atoms with Crippen LogP contribution in [0.15, 0.2) is 12.1 Å². The third-order valence-corrected chi connectivity index (χ3v) is 3.04. The molecule has 0 saturated heterocycles. The van der Waals surface area contributed by atoms with Crippen molar-refractivity contribution in [3.8, 4) is 5.75 Å². The zero-order valence-electron chi connectivity index (χ0n) is 8.27. The molecule has 0 unspecified atom stereocenters. The lowest BCUT2D eigenvalue weighted by atomic mass is 10.3. The summed E-state index contributed by atoms with van der Waals surface area (Å²) in [7, 11) is 0. The molecule has 0 bridgehead atoms. The predicted octanol–water partition coefficient (Wildman–Crippen LogP) is 3.26. The summed E-state index contributed by atoms with van der Waals surface area (Å²) < 4.78 is 6.18. The van der Waals surface area contributed by atoms with Crippen LogP contribution in [0.2, 0.25) is 4.47 Å². The van der Waals surface area contributed by atoms with Crippen LogP contribution in [0.1, 0.15) is 6.92 Å². The number of rotatable bonds is 3. The van der Waals surface area contributed by atoms with Gasteiger partial charge in [0.15, 0.2) is 9.98 Å². The third kappa shape index (κ3) is 1.94. The Kier molecular flexibility index (Phi) is 2.93. The summed E-state index contributed by atoms with van der Waals surface area (Å²) in [5, 5.41) is 10.9. The molecule has 0 fully saturated rings. The normalized spacial score (nSPS) is 10.6. The molecule has 0 aliphatic rings. The van der Waals surface area contributed by atoms with Gasteiger partial charge in [-0.3, -0.25) is 10.1 Å². The molecule has 0 amide bonds. The van der Waals surface area contributed by atoms with E-state index in [2.05, 4.69) is 4.98 Å². The van der Waals surface area contributed by atoms with E-state index in [0.29, 0.717) is 22.6 Å². The first-order valence-electron chi connectivity index (χ1n) is 4.49. The maximum Gasteiger partial charge on any atom is 0.300 e. The van der Waals surface area contributed by atoms with Crippen LogP contribution in [-0.4, -0.2) is 16.5 Å². The average Bonchev–Trinajstić information content (AvgIpc) is 2.57. The second-order valence-electron chi connectivity index (χ2n) is 2.95. The molecule has 84 valence electrons. The molecule has 2 aromatic rings. The number of hydrogen-bond acceptors (Lipinski definition) is 5. The van der Waals surface area contributed by atoms with Gasteiger partial charge in [-0.15, -0.1) is 11.3 Å². The van der Waals surface area contributed by atoms with Gasteiger partial charge >= 0.3 is 0 Å². The topological polar surface area (TPSA) is 65.3 Å². The van der Waals surface area contributed by atoms with Gasteiger partial charge in [-0.25, -0.2) is 4.98 Å². The minimum absolute atomic E-state index is 0.0795. The SMILES string of the molecule is CCOc1cc([N+](=O)[O-])c2nc(Cl)sc2c1. The van der Waals surface area contributed by atoms with Gasteiger partial charge in [0.1, 0.15) is 5.75 Å². The molecule has 1 aromatic carbocycles. The third-order valence-electron chi connectivity index (χ3n) is 1.93. The fraction of sp³-hybridized carbons (Fsp3) is 0.222. The van der Waals surface area contributed by atoms with Gasteiger partial charge in [-0.05, 0) is 6.92 Å². The van der Waals surface area contributed by atoms with E-state index in [1.165, 1.54) is 17.4 Å². The van der Waals surface area contributed by atoms with E-state index in [9.17, 15) is 10.1 Å². The van der Waals surface area contributed by atoms with E-state index >= 15 is 0 Å². The molecule has 5 nitrogen and oxygen atoms in total. The Balaban J connectivity index is 2.67. The smallest absolute Gasteiger partial charge is 0.300 e. The Morgan fingerprint density at radius 3 is 3.00 bits per heavy atom. The van der Waals surface area contributed by atoms with Crippen molar-refractivity contribution in [1.82, 2.24) is 4.98 Å². The van der Waals surface area contributed by atoms with E-state index < -0.39 is 4.92 Å². The number of fused-ring (bicyclic) bond motifs is 1. The zero-order chi connectivity index (χ0) is 11.7. The van der Waals surface area contributed by atoms with E-state index in [0.717, 1.165) is 0 Å². The van der Waals surface area contributed by atoms with Gasteiger partial charge in [0.05, 0.1) is 22.3 Å². The van der Waals surface area contributed by atoms with E-state index in [1.54, 1.807) is 6.07 Å². The fourth-order valence-electron chi connectivity index (χ4n) is 1.35. The number of benzene rings is 1. The van der Waals surface area contributed by atoms with Crippen LogP contribution < -0.4 is 4.74 Å². The van der Waals surface area contributed by atoms with Crippen LogP contribution in [-0.2, 0) is 0 Å². The number of aromatic nitrogens is 1. The maximum absolute atomic E-state index is 10.9. The van der Waals surface area contributed by atoms with E-state index in [4.69, 9.17) is 16.3 Å². The first-order valence-corrected chi connectivity index (χ1v) is 5.68. The molecule has 0 N–H and O–H groups in total. The molecule has 0 atom stereocenters. The lowest BCUT2D eigenvalue weighted by Gasteiger charge is -2.02. The Labute approximate surface area is 99.8 Å². The van der Waals surface area contributed by atoms with Crippen molar-refractivity contribution in [2.24, 2.45) is 0 Å². The standard InChI is InChI=1S/C9H7ClN2O3S/c1-2-15-5-3-6(12(13)14)8-7(4-5)16-9(10)11-8/h3-4H,2H2,1H3. The highest BCUT2D eigenvalue weighted by atomic mass is 35.5. The molecular weight excluding hydrogens is 252 g/mol. The fourth-order valence-corrected chi connectivity index (χ4v) is 2.42.